The number of carboxylic acids is 1. The molecule has 0 radical (unpaired) electrons. The molecule has 0 aromatic heterocycles. The van der Waals surface area contributed by atoms with Gasteiger partial charge in [-0.2, -0.15) is 11.8 Å². The lowest BCUT2D eigenvalue weighted by molar-refractivity contribution is -0.142. The minimum absolute atomic E-state index is 0.0791. The third-order valence-electron chi connectivity index (χ3n) is 5.75. The number of aliphatic carboxylic acids is 1. The number of hydrogen-bond donors (Lipinski definition) is 3. The fraction of sp³-hybridized carbons (Fsp3) is 0.400. The average molecular weight is 471 g/mol. The van der Waals surface area contributed by atoms with Gasteiger partial charge in [-0.25, -0.2) is 9.59 Å². The molecule has 0 bridgehead atoms. The molecule has 8 heteroatoms. The first kappa shape index (κ1) is 24.6. The zero-order chi connectivity index (χ0) is 23.8. The van der Waals surface area contributed by atoms with E-state index in [1.165, 1.54) is 11.8 Å². The summed E-state index contributed by atoms with van der Waals surface area (Å²) in [5, 5.41) is 14.5. The topological polar surface area (TPSA) is 105 Å². The summed E-state index contributed by atoms with van der Waals surface area (Å²) in [7, 11) is 0. The van der Waals surface area contributed by atoms with E-state index in [2.05, 4.69) is 22.8 Å². The molecule has 0 heterocycles. The Morgan fingerprint density at radius 2 is 1.58 bits per heavy atom. The second kappa shape index (κ2) is 11.7. The Morgan fingerprint density at radius 3 is 2.12 bits per heavy atom. The largest absolute Gasteiger partial charge is 0.480 e. The minimum Gasteiger partial charge on any atom is -0.480 e. The van der Waals surface area contributed by atoms with Gasteiger partial charge in [0.1, 0.15) is 18.7 Å². The summed E-state index contributed by atoms with van der Waals surface area (Å²) in [6.45, 7) is 2.04. The van der Waals surface area contributed by atoms with Crippen molar-refractivity contribution in [1.82, 2.24) is 10.6 Å². The van der Waals surface area contributed by atoms with Crippen LogP contribution in [0.15, 0.2) is 48.5 Å². The summed E-state index contributed by atoms with van der Waals surface area (Å²) < 4.78 is 5.53. The standard InChI is InChI=1S/C25H30N2O5S/c1-3-8-21(23(28)26-22(24(29)30)13-14-33-2)27-25(31)32-15-20-18-11-6-4-9-16(18)17-10-5-7-12-19(17)20/h4-7,9-12,20-22H,3,8,13-15H2,1-2H3,(H,26,28)(H,27,31)(H,29,30)/t21-,22?/m0/s1. The molecule has 0 spiro atoms. The summed E-state index contributed by atoms with van der Waals surface area (Å²) in [6, 6.07) is 14.3. The molecule has 3 N–H and O–H groups in total. The number of carbonyl (C=O) groups excluding carboxylic acids is 2. The van der Waals surface area contributed by atoms with Crippen molar-refractivity contribution in [2.24, 2.45) is 0 Å². The van der Waals surface area contributed by atoms with Crippen LogP contribution < -0.4 is 10.6 Å². The number of amides is 2. The number of thioether (sulfide) groups is 1. The van der Waals surface area contributed by atoms with Crippen LogP contribution in [0.4, 0.5) is 4.79 Å². The monoisotopic (exact) mass is 470 g/mol. The van der Waals surface area contributed by atoms with E-state index >= 15 is 0 Å². The highest BCUT2D eigenvalue weighted by molar-refractivity contribution is 7.98. The lowest BCUT2D eigenvalue weighted by Gasteiger charge is -2.21. The van der Waals surface area contributed by atoms with Crippen molar-refractivity contribution in [2.45, 2.75) is 44.2 Å². The number of hydrogen-bond acceptors (Lipinski definition) is 5. The lowest BCUT2D eigenvalue weighted by Crippen LogP contribution is -2.51. The van der Waals surface area contributed by atoms with E-state index in [1.807, 2.05) is 49.6 Å². The molecular formula is C25H30N2O5S. The molecule has 0 fully saturated rings. The first-order valence-corrected chi connectivity index (χ1v) is 12.5. The molecule has 2 aromatic rings. The number of carbonyl (C=O) groups is 3. The summed E-state index contributed by atoms with van der Waals surface area (Å²) in [6.07, 6.45) is 2.52. The predicted molar refractivity (Wildman–Crippen MR) is 129 cm³/mol. The Kier molecular flexibility index (Phi) is 8.77. The van der Waals surface area contributed by atoms with Crippen LogP contribution in [0.5, 0.6) is 0 Å². The number of rotatable bonds is 11. The van der Waals surface area contributed by atoms with Crippen LogP contribution >= 0.6 is 11.8 Å². The Bertz CT molecular complexity index is 951. The minimum atomic E-state index is -1.09. The predicted octanol–water partition coefficient (Wildman–Crippen LogP) is 4.02. The van der Waals surface area contributed by atoms with Crippen molar-refractivity contribution in [1.29, 1.82) is 0 Å². The maximum atomic E-state index is 12.7. The van der Waals surface area contributed by atoms with Crippen LogP contribution in [0.1, 0.15) is 43.2 Å². The fourth-order valence-electron chi connectivity index (χ4n) is 4.11. The summed E-state index contributed by atoms with van der Waals surface area (Å²) in [5.41, 5.74) is 4.48. The van der Waals surface area contributed by atoms with Gasteiger partial charge in [-0.3, -0.25) is 4.79 Å². The van der Waals surface area contributed by atoms with Crippen molar-refractivity contribution in [3.05, 3.63) is 59.7 Å². The molecule has 0 saturated heterocycles. The van der Waals surface area contributed by atoms with Crippen molar-refractivity contribution in [3.8, 4) is 11.1 Å². The van der Waals surface area contributed by atoms with Crippen LogP contribution in [0, 0.1) is 0 Å². The van der Waals surface area contributed by atoms with Gasteiger partial charge in [0.2, 0.25) is 5.91 Å². The van der Waals surface area contributed by atoms with E-state index in [-0.39, 0.29) is 12.5 Å². The molecule has 176 valence electrons. The normalized spacial score (nSPS) is 14.0. The van der Waals surface area contributed by atoms with Gasteiger partial charge in [0.15, 0.2) is 0 Å². The highest BCUT2D eigenvalue weighted by atomic mass is 32.2. The molecule has 2 amide bonds. The van der Waals surface area contributed by atoms with Crippen LogP contribution in [-0.4, -0.2) is 53.8 Å². The number of nitrogens with one attached hydrogen (secondary N) is 2. The Morgan fingerprint density at radius 1 is 0.970 bits per heavy atom. The number of benzene rings is 2. The molecule has 2 atom stereocenters. The average Bonchev–Trinajstić information content (AvgIpc) is 3.13. The first-order chi connectivity index (χ1) is 16.0. The van der Waals surface area contributed by atoms with Gasteiger partial charge in [0, 0.05) is 5.92 Å². The Labute approximate surface area is 198 Å². The molecule has 1 aliphatic carbocycles. The summed E-state index contributed by atoms with van der Waals surface area (Å²) in [5.74, 6) is -1.08. The molecule has 1 unspecified atom stereocenters. The van der Waals surface area contributed by atoms with Gasteiger partial charge < -0.3 is 20.5 Å². The van der Waals surface area contributed by atoms with Crippen LogP contribution in [-0.2, 0) is 14.3 Å². The molecule has 33 heavy (non-hydrogen) atoms. The Hall–Kier alpha value is -3.00. The van der Waals surface area contributed by atoms with Crippen molar-refractivity contribution in [2.75, 3.05) is 18.6 Å². The number of ether oxygens (including phenoxy) is 1. The van der Waals surface area contributed by atoms with Crippen molar-refractivity contribution >= 4 is 29.7 Å². The van der Waals surface area contributed by atoms with Gasteiger partial charge in [-0.05, 0) is 47.1 Å². The van der Waals surface area contributed by atoms with Crippen molar-refractivity contribution < 1.29 is 24.2 Å². The second-order valence-corrected chi connectivity index (χ2v) is 8.98. The molecule has 2 aromatic carbocycles. The van der Waals surface area contributed by atoms with Crippen LogP contribution in [0.2, 0.25) is 0 Å². The fourth-order valence-corrected chi connectivity index (χ4v) is 4.58. The first-order valence-electron chi connectivity index (χ1n) is 11.1. The zero-order valence-corrected chi connectivity index (χ0v) is 19.7. The van der Waals surface area contributed by atoms with Gasteiger partial charge in [0.25, 0.3) is 0 Å². The van der Waals surface area contributed by atoms with E-state index in [0.717, 1.165) is 22.3 Å². The quantitative estimate of drug-likeness (QED) is 0.458. The number of fused-ring (bicyclic) bond motifs is 3. The SMILES string of the molecule is CCC[C@H](NC(=O)OCC1c2ccccc2-c2ccccc21)C(=O)NC(CCSC)C(=O)O. The smallest absolute Gasteiger partial charge is 0.407 e. The van der Waals surface area contributed by atoms with Gasteiger partial charge in [0.05, 0.1) is 0 Å². The van der Waals surface area contributed by atoms with Gasteiger partial charge >= 0.3 is 12.1 Å². The number of carboxylic acid groups (broad SMARTS) is 1. The van der Waals surface area contributed by atoms with Gasteiger partial charge in [-0.15, -0.1) is 0 Å². The molecule has 7 nitrogen and oxygen atoms in total. The molecule has 3 rings (SSSR count). The second-order valence-electron chi connectivity index (χ2n) is 7.99. The Balaban J connectivity index is 1.62. The maximum Gasteiger partial charge on any atom is 0.407 e. The van der Waals surface area contributed by atoms with E-state index < -0.39 is 30.1 Å². The van der Waals surface area contributed by atoms with E-state index in [1.54, 1.807) is 0 Å². The van der Waals surface area contributed by atoms with E-state index in [4.69, 9.17) is 4.74 Å². The molecular weight excluding hydrogens is 440 g/mol. The highest BCUT2D eigenvalue weighted by Crippen LogP contribution is 2.44. The molecule has 0 saturated carbocycles. The number of alkyl carbamates (subject to hydrolysis) is 1. The highest BCUT2D eigenvalue weighted by Gasteiger charge is 2.30. The van der Waals surface area contributed by atoms with Gasteiger partial charge in [-0.1, -0.05) is 61.9 Å². The van der Waals surface area contributed by atoms with Crippen LogP contribution in [0.25, 0.3) is 11.1 Å². The molecule has 1 aliphatic rings. The third-order valence-corrected chi connectivity index (χ3v) is 6.40. The van der Waals surface area contributed by atoms with E-state index in [9.17, 15) is 19.5 Å². The summed E-state index contributed by atoms with van der Waals surface area (Å²) in [4.78, 5) is 36.7. The summed E-state index contributed by atoms with van der Waals surface area (Å²) >= 11 is 1.51. The lowest BCUT2D eigenvalue weighted by atomic mass is 9.98. The third kappa shape index (κ3) is 6.07. The van der Waals surface area contributed by atoms with Crippen LogP contribution in [0.3, 0.4) is 0 Å². The zero-order valence-electron chi connectivity index (χ0n) is 18.9. The molecule has 0 aliphatic heterocycles. The van der Waals surface area contributed by atoms with Crippen molar-refractivity contribution in [3.63, 3.8) is 0 Å². The maximum absolute atomic E-state index is 12.7. The van der Waals surface area contributed by atoms with E-state index in [0.29, 0.717) is 25.0 Å².